The fourth-order valence-electron chi connectivity index (χ4n) is 2.71. The second-order valence-corrected chi connectivity index (χ2v) is 5.70. The molecule has 0 unspecified atom stereocenters. The average molecular weight is 300 g/mol. The molecule has 7 heteroatoms. The quantitative estimate of drug-likeness (QED) is 0.892. The summed E-state index contributed by atoms with van der Waals surface area (Å²) in [7, 11) is 0. The zero-order valence-corrected chi connectivity index (χ0v) is 12.8. The van der Waals surface area contributed by atoms with Gasteiger partial charge < -0.3 is 10.2 Å². The molecule has 1 aliphatic rings. The van der Waals surface area contributed by atoms with Crippen molar-refractivity contribution in [1.82, 2.24) is 30.4 Å². The maximum absolute atomic E-state index is 12.4. The van der Waals surface area contributed by atoms with Crippen molar-refractivity contribution >= 4 is 6.03 Å². The third-order valence-electron chi connectivity index (χ3n) is 3.92. The number of amides is 2. The van der Waals surface area contributed by atoms with Crippen molar-refractivity contribution in [1.29, 1.82) is 0 Å². The first kappa shape index (κ1) is 14.5. The minimum absolute atomic E-state index is 0.0102. The van der Waals surface area contributed by atoms with Crippen molar-refractivity contribution in [2.75, 3.05) is 6.54 Å². The number of rotatable bonds is 3. The molecular formula is C15H20N6O. The summed E-state index contributed by atoms with van der Waals surface area (Å²) in [5.74, 6) is 0. The fourth-order valence-corrected chi connectivity index (χ4v) is 2.71. The molecule has 0 spiro atoms. The van der Waals surface area contributed by atoms with Crippen molar-refractivity contribution in [2.24, 2.45) is 0 Å². The third kappa shape index (κ3) is 3.08. The second-order valence-electron chi connectivity index (χ2n) is 5.70. The van der Waals surface area contributed by atoms with Crippen LogP contribution >= 0.6 is 0 Å². The van der Waals surface area contributed by atoms with E-state index in [9.17, 15) is 4.79 Å². The lowest BCUT2D eigenvalue weighted by Gasteiger charge is -2.28. The van der Waals surface area contributed by atoms with Gasteiger partial charge in [0, 0.05) is 55.3 Å². The van der Waals surface area contributed by atoms with Crippen LogP contribution in [0.1, 0.15) is 29.6 Å². The zero-order valence-electron chi connectivity index (χ0n) is 12.8. The van der Waals surface area contributed by atoms with E-state index < -0.39 is 0 Å². The Morgan fingerprint density at radius 1 is 1.50 bits per heavy atom. The fraction of sp³-hybridized carbons (Fsp3) is 0.467. The van der Waals surface area contributed by atoms with Crippen LogP contribution in [0.3, 0.4) is 0 Å². The van der Waals surface area contributed by atoms with E-state index >= 15 is 0 Å². The predicted octanol–water partition coefficient (Wildman–Crippen LogP) is 1.21. The maximum Gasteiger partial charge on any atom is 0.317 e. The lowest BCUT2D eigenvalue weighted by Crippen LogP contribution is -2.46. The Morgan fingerprint density at radius 2 is 2.36 bits per heavy atom. The Balaban J connectivity index is 1.57. The van der Waals surface area contributed by atoms with E-state index in [1.165, 1.54) is 0 Å². The summed E-state index contributed by atoms with van der Waals surface area (Å²) in [6.07, 6.45) is 6.50. The van der Waals surface area contributed by atoms with Crippen LogP contribution in [0.4, 0.5) is 4.79 Å². The van der Waals surface area contributed by atoms with Crippen LogP contribution < -0.4 is 5.32 Å². The summed E-state index contributed by atoms with van der Waals surface area (Å²) >= 11 is 0. The summed E-state index contributed by atoms with van der Waals surface area (Å²) in [5.41, 5.74) is 4.14. The smallest absolute Gasteiger partial charge is 0.317 e. The molecule has 2 amide bonds. The first-order chi connectivity index (χ1) is 10.6. The molecule has 0 aromatic carbocycles. The Kier molecular flexibility index (Phi) is 4.04. The normalized spacial score (nSPS) is 15.3. The number of carbonyl (C=O) groups is 1. The van der Waals surface area contributed by atoms with Gasteiger partial charge in [0.05, 0.1) is 17.9 Å². The van der Waals surface area contributed by atoms with Crippen LogP contribution in [0.25, 0.3) is 0 Å². The molecule has 2 aromatic rings. The highest BCUT2D eigenvalue weighted by molar-refractivity contribution is 5.74. The van der Waals surface area contributed by atoms with Crippen molar-refractivity contribution in [3.8, 4) is 0 Å². The maximum atomic E-state index is 12.4. The van der Waals surface area contributed by atoms with Crippen LogP contribution in [-0.2, 0) is 19.4 Å². The molecule has 116 valence electrons. The topological polar surface area (TPSA) is 86.8 Å². The lowest BCUT2D eigenvalue weighted by molar-refractivity contribution is 0.188. The van der Waals surface area contributed by atoms with Gasteiger partial charge in [0.2, 0.25) is 0 Å². The standard InChI is InChI=1S/C15H20N6O/c1-10(7-12-8-16-4-5-17-12)18-15(22)21-6-3-14-13(9-21)11(2)19-20-14/h4-5,8,10H,3,6-7,9H2,1-2H3,(H,18,22)(H,19,20)/t10-/m0/s1. The largest absolute Gasteiger partial charge is 0.335 e. The summed E-state index contributed by atoms with van der Waals surface area (Å²) < 4.78 is 0. The van der Waals surface area contributed by atoms with E-state index in [4.69, 9.17) is 0 Å². The first-order valence-corrected chi connectivity index (χ1v) is 7.46. The van der Waals surface area contributed by atoms with Gasteiger partial charge in [-0.1, -0.05) is 0 Å². The van der Waals surface area contributed by atoms with Gasteiger partial charge in [0.25, 0.3) is 0 Å². The summed E-state index contributed by atoms with van der Waals surface area (Å²) in [5, 5.41) is 10.3. The van der Waals surface area contributed by atoms with Gasteiger partial charge in [-0.3, -0.25) is 15.1 Å². The number of urea groups is 1. The number of aromatic nitrogens is 4. The van der Waals surface area contributed by atoms with Crippen LogP contribution in [0.2, 0.25) is 0 Å². The Labute approximate surface area is 129 Å². The highest BCUT2D eigenvalue weighted by Gasteiger charge is 2.24. The minimum atomic E-state index is -0.0392. The van der Waals surface area contributed by atoms with Gasteiger partial charge in [-0.25, -0.2) is 4.79 Å². The number of hydrogen-bond acceptors (Lipinski definition) is 4. The highest BCUT2D eigenvalue weighted by Crippen LogP contribution is 2.19. The second kappa shape index (κ2) is 6.13. The molecular weight excluding hydrogens is 280 g/mol. The molecule has 1 aliphatic heterocycles. The molecule has 0 saturated heterocycles. The molecule has 3 rings (SSSR count). The number of hydrogen-bond donors (Lipinski definition) is 2. The van der Waals surface area contributed by atoms with E-state index in [1.54, 1.807) is 18.6 Å². The van der Waals surface area contributed by atoms with E-state index in [0.29, 0.717) is 19.5 Å². The number of H-pyrrole nitrogens is 1. The molecule has 0 aliphatic carbocycles. The number of fused-ring (bicyclic) bond motifs is 1. The number of aryl methyl sites for hydroxylation is 1. The van der Waals surface area contributed by atoms with E-state index in [-0.39, 0.29) is 12.1 Å². The Bertz CT molecular complexity index is 653. The van der Waals surface area contributed by atoms with Gasteiger partial charge in [-0.05, 0) is 13.8 Å². The van der Waals surface area contributed by atoms with E-state index in [2.05, 4.69) is 25.5 Å². The van der Waals surface area contributed by atoms with Gasteiger partial charge in [-0.15, -0.1) is 0 Å². The van der Waals surface area contributed by atoms with Crippen LogP contribution in [0, 0.1) is 6.92 Å². The van der Waals surface area contributed by atoms with E-state index in [1.807, 2.05) is 18.7 Å². The lowest BCUT2D eigenvalue weighted by atomic mass is 10.1. The number of nitrogens with zero attached hydrogens (tertiary/aromatic N) is 4. The van der Waals surface area contributed by atoms with Gasteiger partial charge >= 0.3 is 6.03 Å². The molecule has 7 nitrogen and oxygen atoms in total. The van der Waals surface area contributed by atoms with Gasteiger partial charge in [0.1, 0.15) is 0 Å². The van der Waals surface area contributed by atoms with Crippen LogP contribution in [0.15, 0.2) is 18.6 Å². The molecule has 0 fully saturated rings. The number of nitrogens with one attached hydrogen (secondary N) is 2. The van der Waals surface area contributed by atoms with Crippen LogP contribution in [0.5, 0.6) is 0 Å². The zero-order chi connectivity index (χ0) is 15.5. The Hall–Kier alpha value is -2.44. The van der Waals surface area contributed by atoms with Gasteiger partial charge in [-0.2, -0.15) is 5.10 Å². The molecule has 0 saturated carbocycles. The monoisotopic (exact) mass is 300 g/mol. The molecule has 1 atom stereocenters. The van der Waals surface area contributed by atoms with Crippen molar-refractivity contribution in [2.45, 2.75) is 39.3 Å². The van der Waals surface area contributed by atoms with Crippen molar-refractivity contribution in [3.63, 3.8) is 0 Å². The number of carbonyl (C=O) groups excluding carboxylic acids is 1. The molecule has 0 radical (unpaired) electrons. The van der Waals surface area contributed by atoms with E-state index in [0.717, 1.165) is 29.1 Å². The summed E-state index contributed by atoms with van der Waals surface area (Å²) in [4.78, 5) is 22.5. The Morgan fingerprint density at radius 3 is 3.14 bits per heavy atom. The van der Waals surface area contributed by atoms with Crippen molar-refractivity contribution < 1.29 is 4.79 Å². The minimum Gasteiger partial charge on any atom is -0.335 e. The van der Waals surface area contributed by atoms with Gasteiger partial charge in [0.15, 0.2) is 0 Å². The molecule has 22 heavy (non-hydrogen) atoms. The highest BCUT2D eigenvalue weighted by atomic mass is 16.2. The van der Waals surface area contributed by atoms with Crippen molar-refractivity contribution in [3.05, 3.63) is 41.2 Å². The first-order valence-electron chi connectivity index (χ1n) is 7.46. The molecule has 2 N–H and O–H groups in total. The third-order valence-corrected chi connectivity index (χ3v) is 3.92. The predicted molar refractivity (Wildman–Crippen MR) is 81.2 cm³/mol. The molecule has 2 aromatic heterocycles. The molecule has 0 bridgehead atoms. The summed E-state index contributed by atoms with van der Waals surface area (Å²) in [6.45, 7) is 5.28. The SMILES string of the molecule is Cc1[nH]nc2c1CN(C(=O)N[C@@H](C)Cc1cnccn1)CC2. The summed E-state index contributed by atoms with van der Waals surface area (Å²) in [6, 6.07) is -0.0290. The molecule has 3 heterocycles. The average Bonchev–Trinajstić information content (AvgIpc) is 2.89. The van der Waals surface area contributed by atoms with Crippen LogP contribution in [-0.4, -0.2) is 43.7 Å². The number of aromatic amines is 1.